The fourth-order valence-electron chi connectivity index (χ4n) is 7.16. The summed E-state index contributed by atoms with van der Waals surface area (Å²) >= 11 is 13.2. The van der Waals surface area contributed by atoms with Crippen LogP contribution in [0.3, 0.4) is 0 Å². The molecule has 0 bridgehead atoms. The molecule has 2 unspecified atom stereocenters. The maximum atomic E-state index is 14.9. The van der Waals surface area contributed by atoms with Crippen molar-refractivity contribution in [3.05, 3.63) is 127 Å². The zero-order valence-electron chi connectivity index (χ0n) is 34.6. The number of amides is 4. The van der Waals surface area contributed by atoms with Gasteiger partial charge in [-0.3, -0.25) is 37.9 Å². The minimum absolute atomic E-state index is 0.000376. The van der Waals surface area contributed by atoms with E-state index in [1.807, 2.05) is 18.2 Å². The highest BCUT2D eigenvalue weighted by Crippen LogP contribution is 2.40. The fraction of sp³-hybridized carbons (Fsp3) is 0.273. The number of carbonyl (C=O) groups excluding carboxylic acids is 4. The highest BCUT2D eigenvalue weighted by molar-refractivity contribution is 6.33. The van der Waals surface area contributed by atoms with Crippen molar-refractivity contribution in [3.63, 3.8) is 0 Å². The van der Waals surface area contributed by atoms with Crippen molar-refractivity contribution in [2.45, 2.75) is 64.8 Å². The Balaban J connectivity index is 1.74. The van der Waals surface area contributed by atoms with E-state index >= 15 is 0 Å². The number of halogens is 2. The molecule has 4 amide bonds. The van der Waals surface area contributed by atoms with Crippen LogP contribution in [0.2, 0.25) is 10.0 Å². The molecular formula is C44H44Cl2N8O8. The number of benzene rings is 4. The third kappa shape index (κ3) is 8.56. The number of ether oxygens (including phenoxy) is 2. The molecule has 0 aliphatic rings. The molecule has 4 aromatic carbocycles. The number of nitrogens with one attached hydrogen (secondary N) is 2. The molecule has 62 heavy (non-hydrogen) atoms. The van der Waals surface area contributed by atoms with E-state index in [0.717, 1.165) is 21.8 Å². The van der Waals surface area contributed by atoms with Gasteiger partial charge in [0.15, 0.2) is 11.1 Å². The maximum absolute atomic E-state index is 14.9. The van der Waals surface area contributed by atoms with Gasteiger partial charge in [-0.25, -0.2) is 9.97 Å². The van der Waals surface area contributed by atoms with Crippen molar-refractivity contribution < 1.29 is 28.7 Å². The molecule has 0 fully saturated rings. The molecule has 0 radical (unpaired) electrons. The molecular weight excluding hydrogens is 839 g/mol. The second-order valence-corrected chi connectivity index (χ2v) is 16.2. The molecule has 0 saturated carbocycles. The van der Waals surface area contributed by atoms with E-state index in [4.69, 9.17) is 44.1 Å². The Hall–Kier alpha value is -6.78. The summed E-state index contributed by atoms with van der Waals surface area (Å²) in [4.78, 5) is 92.7. The Bertz CT molecular complexity index is 2880. The normalized spacial score (nSPS) is 13.4. The van der Waals surface area contributed by atoms with Crippen molar-refractivity contribution in [1.82, 2.24) is 29.7 Å². The molecule has 0 spiro atoms. The van der Waals surface area contributed by atoms with Gasteiger partial charge in [0.25, 0.3) is 22.9 Å². The summed E-state index contributed by atoms with van der Waals surface area (Å²) in [6.45, 7) is 8.71. The molecule has 6 N–H and O–H groups in total. The van der Waals surface area contributed by atoms with Gasteiger partial charge < -0.3 is 31.6 Å². The first kappa shape index (κ1) is 44.8. The van der Waals surface area contributed by atoms with Gasteiger partial charge in [0.1, 0.15) is 11.5 Å². The Labute approximate surface area is 365 Å². The zero-order valence-corrected chi connectivity index (χ0v) is 36.1. The summed E-state index contributed by atoms with van der Waals surface area (Å²) in [5.41, 5.74) is 6.61. The van der Waals surface area contributed by atoms with E-state index in [2.05, 4.69) is 20.6 Å². The largest absolute Gasteiger partial charge is 0.489 e. The summed E-state index contributed by atoms with van der Waals surface area (Å²) in [7, 11) is 0. The van der Waals surface area contributed by atoms with Crippen LogP contribution in [-0.4, -0.2) is 68.0 Å². The van der Waals surface area contributed by atoms with E-state index in [1.54, 1.807) is 52.0 Å². The molecule has 0 saturated heterocycles. The molecule has 6 aromatic rings. The maximum Gasteiger partial charge on any atom is 0.262 e. The second kappa shape index (κ2) is 17.7. The molecule has 0 aliphatic heterocycles. The van der Waals surface area contributed by atoms with Crippen LogP contribution in [0.15, 0.2) is 95.0 Å². The first-order valence-electron chi connectivity index (χ1n) is 19.4. The van der Waals surface area contributed by atoms with Gasteiger partial charge in [-0.1, -0.05) is 65.7 Å². The van der Waals surface area contributed by atoms with E-state index in [1.165, 1.54) is 44.2 Å². The van der Waals surface area contributed by atoms with Gasteiger partial charge in [0.05, 0.1) is 69.8 Å². The van der Waals surface area contributed by atoms with Crippen LogP contribution in [0.25, 0.3) is 32.9 Å². The molecule has 322 valence electrons. The Kier molecular flexibility index (Phi) is 12.8. The fourth-order valence-corrected chi connectivity index (χ4v) is 7.57. The van der Waals surface area contributed by atoms with Gasteiger partial charge in [0, 0.05) is 12.1 Å². The second-order valence-electron chi connectivity index (χ2n) is 15.3. The highest BCUT2D eigenvalue weighted by atomic mass is 35.5. The average Bonchev–Trinajstić information content (AvgIpc) is 3.22. The SMILES string of the molecule is CC(C)Oc1cc2ncn(C(C)(C(=O)NCC(N)=O)c3ccc(-c4ccccc4)cc3C(C)(C(=O)NCC(N)=O)n3cnc4cc(OC(C)C)c(Cl)cc4c3=O)c(=O)c2cc1Cl. The first-order valence-corrected chi connectivity index (χ1v) is 20.1. The van der Waals surface area contributed by atoms with Crippen LogP contribution >= 0.6 is 23.2 Å². The van der Waals surface area contributed by atoms with Crippen LogP contribution in [0, 0.1) is 0 Å². The topological polar surface area (TPSA) is 233 Å². The summed E-state index contributed by atoms with van der Waals surface area (Å²) in [6.07, 6.45) is 1.77. The minimum atomic E-state index is -2.21. The van der Waals surface area contributed by atoms with Gasteiger partial charge >= 0.3 is 0 Å². The van der Waals surface area contributed by atoms with Gasteiger partial charge in [-0.2, -0.15) is 0 Å². The summed E-state index contributed by atoms with van der Waals surface area (Å²) in [5, 5.41) is 5.24. The Morgan fingerprint density at radius 1 is 0.645 bits per heavy atom. The standard InChI is InChI=1S/C44H44Cl2N8O8/c1-23(2)61-35-17-33-27(15-31(35)45)39(57)53(21-51-33)43(5,41(59)49-19-37(47)55)29-13-12-26(25-10-8-7-9-11-25)14-30(29)44(6,42(60)50-20-38(48)56)54-22-52-34-18-36(62-24(3)4)32(46)16-28(34)40(54)58/h7-18,21-24H,19-20H2,1-6H3,(H2,47,55)(H2,48,56)(H,49,59)(H,50,60). The number of aromatic nitrogens is 4. The van der Waals surface area contributed by atoms with E-state index in [9.17, 15) is 28.8 Å². The van der Waals surface area contributed by atoms with Crippen molar-refractivity contribution >= 4 is 68.6 Å². The lowest BCUT2D eigenvalue weighted by Gasteiger charge is -2.38. The van der Waals surface area contributed by atoms with Crippen LogP contribution < -0.4 is 42.7 Å². The first-order chi connectivity index (χ1) is 29.3. The molecule has 2 aromatic heterocycles. The summed E-state index contributed by atoms with van der Waals surface area (Å²) in [5.74, 6) is -3.08. The van der Waals surface area contributed by atoms with Crippen molar-refractivity contribution in [1.29, 1.82) is 0 Å². The van der Waals surface area contributed by atoms with Crippen molar-refractivity contribution in [2.24, 2.45) is 11.5 Å². The molecule has 6 rings (SSSR count). The summed E-state index contributed by atoms with van der Waals surface area (Å²) in [6, 6.07) is 19.5. The Morgan fingerprint density at radius 3 is 1.50 bits per heavy atom. The predicted octanol–water partition coefficient (Wildman–Crippen LogP) is 4.38. The number of carbonyl (C=O) groups is 4. The number of primary amides is 2. The van der Waals surface area contributed by atoms with Gasteiger partial charge in [0.2, 0.25) is 11.8 Å². The molecule has 18 heteroatoms. The van der Waals surface area contributed by atoms with Crippen molar-refractivity contribution in [3.8, 4) is 22.6 Å². The van der Waals surface area contributed by atoms with Crippen LogP contribution in [0.4, 0.5) is 0 Å². The molecule has 16 nitrogen and oxygen atoms in total. The minimum Gasteiger partial charge on any atom is -0.489 e. The number of nitrogens with zero attached hydrogens (tertiary/aromatic N) is 4. The van der Waals surface area contributed by atoms with Crippen LogP contribution in [-0.2, 0) is 30.3 Å². The Morgan fingerprint density at radius 2 is 1.08 bits per heavy atom. The van der Waals surface area contributed by atoms with E-state index in [0.29, 0.717) is 11.1 Å². The van der Waals surface area contributed by atoms with Crippen LogP contribution in [0.1, 0.15) is 52.7 Å². The predicted molar refractivity (Wildman–Crippen MR) is 235 cm³/mol. The number of rotatable bonds is 15. The lowest BCUT2D eigenvalue weighted by molar-refractivity contribution is -0.130. The monoisotopic (exact) mass is 882 g/mol. The lowest BCUT2D eigenvalue weighted by Crippen LogP contribution is -2.57. The average molecular weight is 884 g/mol. The number of nitrogens with two attached hydrogens (primary N) is 2. The van der Waals surface area contributed by atoms with Crippen molar-refractivity contribution in [2.75, 3.05) is 13.1 Å². The summed E-state index contributed by atoms with van der Waals surface area (Å²) < 4.78 is 13.7. The molecule has 0 aliphatic carbocycles. The third-order valence-electron chi connectivity index (χ3n) is 10.2. The highest BCUT2D eigenvalue weighted by Gasteiger charge is 2.48. The number of fused-ring (bicyclic) bond motifs is 2. The van der Waals surface area contributed by atoms with Gasteiger partial charge in [-0.15, -0.1) is 0 Å². The zero-order chi connectivity index (χ0) is 45.3. The van der Waals surface area contributed by atoms with E-state index < -0.39 is 58.9 Å². The third-order valence-corrected chi connectivity index (χ3v) is 10.8. The molecule has 2 heterocycles. The van der Waals surface area contributed by atoms with E-state index in [-0.39, 0.29) is 66.7 Å². The van der Waals surface area contributed by atoms with Gasteiger partial charge in [-0.05, 0) is 82.0 Å². The number of hydrogen-bond acceptors (Lipinski definition) is 10. The molecule has 2 atom stereocenters. The van der Waals surface area contributed by atoms with Crippen LogP contribution in [0.5, 0.6) is 11.5 Å². The number of hydrogen-bond donors (Lipinski definition) is 4. The lowest BCUT2D eigenvalue weighted by atomic mass is 9.77. The quantitative estimate of drug-likeness (QED) is 0.114. The smallest absolute Gasteiger partial charge is 0.262 e.